The Labute approximate surface area is 129 Å². The van der Waals surface area contributed by atoms with Crippen molar-refractivity contribution in [2.75, 3.05) is 5.75 Å². The van der Waals surface area contributed by atoms with Crippen molar-refractivity contribution in [2.24, 2.45) is 4.99 Å². The SMILES string of the molecule is Cc1nc(CN=C2NC(Cc3ccccc3)CS2)oc1C. The molecule has 1 N–H and O–H groups in total. The molecule has 0 spiro atoms. The number of nitrogens with zero attached hydrogens (tertiary/aromatic N) is 2. The van der Waals surface area contributed by atoms with Crippen molar-refractivity contribution in [3.05, 3.63) is 53.2 Å². The molecule has 0 bridgehead atoms. The summed E-state index contributed by atoms with van der Waals surface area (Å²) in [6.45, 7) is 4.38. The second kappa shape index (κ2) is 6.35. The monoisotopic (exact) mass is 301 g/mol. The molecule has 1 aliphatic heterocycles. The standard InChI is InChI=1S/C16H19N3OS/c1-11-12(2)20-15(18-11)9-17-16-19-14(10-21-16)8-13-6-4-3-5-7-13/h3-7,14H,8-10H2,1-2H3,(H,17,19). The molecule has 1 unspecified atom stereocenters. The predicted octanol–water partition coefficient (Wildman–Crippen LogP) is 3.10. The second-order valence-corrected chi connectivity index (χ2v) is 6.22. The number of oxazole rings is 1. The highest BCUT2D eigenvalue weighted by atomic mass is 32.2. The highest BCUT2D eigenvalue weighted by Crippen LogP contribution is 2.18. The van der Waals surface area contributed by atoms with Gasteiger partial charge in [-0.15, -0.1) is 0 Å². The van der Waals surface area contributed by atoms with Gasteiger partial charge in [-0.2, -0.15) is 0 Å². The molecule has 1 saturated heterocycles. The van der Waals surface area contributed by atoms with Gasteiger partial charge in [0.15, 0.2) is 5.17 Å². The lowest BCUT2D eigenvalue weighted by atomic mass is 10.1. The van der Waals surface area contributed by atoms with Crippen LogP contribution in [-0.2, 0) is 13.0 Å². The summed E-state index contributed by atoms with van der Waals surface area (Å²) < 4.78 is 5.54. The lowest BCUT2D eigenvalue weighted by Crippen LogP contribution is -2.29. The fourth-order valence-corrected chi connectivity index (χ4v) is 3.25. The maximum Gasteiger partial charge on any atom is 0.216 e. The molecule has 3 rings (SSSR count). The predicted molar refractivity (Wildman–Crippen MR) is 86.6 cm³/mol. The molecule has 21 heavy (non-hydrogen) atoms. The van der Waals surface area contributed by atoms with Gasteiger partial charge in [0.2, 0.25) is 5.89 Å². The Kier molecular flexibility index (Phi) is 4.29. The molecule has 4 nitrogen and oxygen atoms in total. The normalized spacial score (nSPS) is 19.9. The third-order valence-corrected chi connectivity index (χ3v) is 4.59. The van der Waals surface area contributed by atoms with Gasteiger partial charge in [-0.3, -0.25) is 4.99 Å². The molecule has 1 aliphatic rings. The van der Waals surface area contributed by atoms with E-state index in [1.54, 1.807) is 11.8 Å². The van der Waals surface area contributed by atoms with E-state index in [9.17, 15) is 0 Å². The molecule has 0 aliphatic carbocycles. The Morgan fingerprint density at radius 1 is 1.33 bits per heavy atom. The van der Waals surface area contributed by atoms with Crippen molar-refractivity contribution in [3.8, 4) is 0 Å². The number of amidine groups is 1. The van der Waals surface area contributed by atoms with E-state index < -0.39 is 0 Å². The quantitative estimate of drug-likeness (QED) is 0.943. The van der Waals surface area contributed by atoms with Crippen LogP contribution >= 0.6 is 11.8 Å². The number of hydrogen-bond acceptors (Lipinski definition) is 4. The summed E-state index contributed by atoms with van der Waals surface area (Å²) in [6, 6.07) is 11.0. The van der Waals surface area contributed by atoms with Gasteiger partial charge < -0.3 is 9.73 Å². The Morgan fingerprint density at radius 2 is 2.14 bits per heavy atom. The summed E-state index contributed by atoms with van der Waals surface area (Å²) in [5.74, 6) is 2.61. The fourth-order valence-electron chi connectivity index (χ4n) is 2.28. The van der Waals surface area contributed by atoms with Crippen LogP contribution in [0.4, 0.5) is 0 Å². The summed E-state index contributed by atoms with van der Waals surface area (Å²) in [4.78, 5) is 8.90. The first-order valence-corrected chi connectivity index (χ1v) is 8.10. The molecule has 1 atom stereocenters. The van der Waals surface area contributed by atoms with Gasteiger partial charge in [0, 0.05) is 11.8 Å². The molecule has 0 saturated carbocycles. The molecule has 0 radical (unpaired) electrons. The number of aromatic nitrogens is 1. The maximum atomic E-state index is 5.54. The number of aryl methyl sites for hydroxylation is 2. The van der Waals surface area contributed by atoms with E-state index >= 15 is 0 Å². The molecule has 1 aromatic carbocycles. The van der Waals surface area contributed by atoms with E-state index in [-0.39, 0.29) is 0 Å². The zero-order chi connectivity index (χ0) is 14.7. The van der Waals surface area contributed by atoms with E-state index in [0.717, 1.165) is 28.8 Å². The minimum absolute atomic E-state index is 0.448. The molecule has 2 heterocycles. The molecule has 2 aromatic rings. The molecule has 0 amide bonds. The lowest BCUT2D eigenvalue weighted by Gasteiger charge is -2.09. The van der Waals surface area contributed by atoms with E-state index in [1.807, 2.05) is 19.9 Å². The van der Waals surface area contributed by atoms with Crippen molar-refractivity contribution in [1.82, 2.24) is 10.3 Å². The summed E-state index contributed by atoms with van der Waals surface area (Å²) in [7, 11) is 0. The smallest absolute Gasteiger partial charge is 0.216 e. The largest absolute Gasteiger partial charge is 0.444 e. The topological polar surface area (TPSA) is 50.4 Å². The Morgan fingerprint density at radius 3 is 2.86 bits per heavy atom. The van der Waals surface area contributed by atoms with Crippen molar-refractivity contribution >= 4 is 16.9 Å². The van der Waals surface area contributed by atoms with Crippen LogP contribution in [0.25, 0.3) is 0 Å². The Balaban J connectivity index is 1.55. The average molecular weight is 301 g/mol. The minimum Gasteiger partial charge on any atom is -0.444 e. The van der Waals surface area contributed by atoms with Crippen LogP contribution in [0, 0.1) is 13.8 Å². The van der Waals surface area contributed by atoms with Gasteiger partial charge in [0.25, 0.3) is 0 Å². The molecule has 5 heteroatoms. The van der Waals surface area contributed by atoms with E-state index in [2.05, 4.69) is 39.6 Å². The molecule has 110 valence electrons. The fraction of sp³-hybridized carbons (Fsp3) is 0.375. The number of nitrogens with one attached hydrogen (secondary N) is 1. The Hall–Kier alpha value is -1.75. The average Bonchev–Trinajstić information content (AvgIpc) is 3.05. The van der Waals surface area contributed by atoms with E-state index in [1.165, 1.54) is 5.56 Å². The number of hydrogen-bond donors (Lipinski definition) is 1. The van der Waals surface area contributed by atoms with Crippen LogP contribution in [0.1, 0.15) is 22.9 Å². The summed E-state index contributed by atoms with van der Waals surface area (Å²) in [5.41, 5.74) is 2.30. The van der Waals surface area contributed by atoms with Crippen LogP contribution in [0.2, 0.25) is 0 Å². The van der Waals surface area contributed by atoms with Gasteiger partial charge >= 0.3 is 0 Å². The van der Waals surface area contributed by atoms with Gasteiger partial charge in [-0.05, 0) is 25.8 Å². The van der Waals surface area contributed by atoms with Crippen molar-refractivity contribution in [3.63, 3.8) is 0 Å². The molecule has 1 aromatic heterocycles. The lowest BCUT2D eigenvalue weighted by molar-refractivity contribution is 0.473. The third kappa shape index (κ3) is 3.67. The highest BCUT2D eigenvalue weighted by Gasteiger charge is 2.20. The number of aliphatic imine (C=N–C) groups is 1. The number of thioether (sulfide) groups is 1. The van der Waals surface area contributed by atoms with Gasteiger partial charge in [0.05, 0.1) is 5.69 Å². The van der Waals surface area contributed by atoms with E-state index in [4.69, 9.17) is 4.42 Å². The van der Waals surface area contributed by atoms with Crippen LogP contribution in [0.15, 0.2) is 39.7 Å². The Bertz CT molecular complexity index is 617. The van der Waals surface area contributed by atoms with Gasteiger partial charge in [-0.25, -0.2) is 4.98 Å². The van der Waals surface area contributed by atoms with Gasteiger partial charge in [-0.1, -0.05) is 42.1 Å². The molecule has 1 fully saturated rings. The highest BCUT2D eigenvalue weighted by molar-refractivity contribution is 8.14. The summed E-state index contributed by atoms with van der Waals surface area (Å²) in [5, 5.41) is 4.46. The zero-order valence-corrected chi connectivity index (χ0v) is 13.1. The van der Waals surface area contributed by atoms with Crippen LogP contribution in [-0.4, -0.2) is 21.9 Å². The third-order valence-electron chi connectivity index (χ3n) is 3.50. The summed E-state index contributed by atoms with van der Waals surface area (Å²) in [6.07, 6.45) is 1.03. The minimum atomic E-state index is 0.448. The second-order valence-electron chi connectivity index (χ2n) is 5.21. The van der Waals surface area contributed by atoms with Crippen LogP contribution < -0.4 is 5.32 Å². The van der Waals surface area contributed by atoms with Gasteiger partial charge in [0.1, 0.15) is 12.3 Å². The first-order valence-electron chi connectivity index (χ1n) is 7.11. The van der Waals surface area contributed by atoms with Crippen molar-refractivity contribution < 1.29 is 4.42 Å². The zero-order valence-electron chi connectivity index (χ0n) is 12.3. The molecular formula is C16H19N3OS. The first kappa shape index (κ1) is 14.2. The number of rotatable bonds is 4. The van der Waals surface area contributed by atoms with Crippen molar-refractivity contribution in [1.29, 1.82) is 0 Å². The first-order chi connectivity index (χ1) is 10.2. The maximum absolute atomic E-state index is 5.54. The summed E-state index contributed by atoms with van der Waals surface area (Å²) >= 11 is 1.77. The van der Waals surface area contributed by atoms with Crippen LogP contribution in [0.3, 0.4) is 0 Å². The number of benzene rings is 1. The molecular weight excluding hydrogens is 282 g/mol. The van der Waals surface area contributed by atoms with Crippen molar-refractivity contribution in [2.45, 2.75) is 32.9 Å². The van der Waals surface area contributed by atoms with E-state index in [0.29, 0.717) is 18.5 Å². The van der Waals surface area contributed by atoms with Crippen LogP contribution in [0.5, 0.6) is 0 Å².